The Kier molecular flexibility index (Phi) is 4.47. The SMILES string of the molecule is COc1cccc([C@@H]2Oc3c(OC)cccc3[C@@H]3CC(c4ccccc4O)=NN32)c1. The Morgan fingerprint density at radius 1 is 1.00 bits per heavy atom. The number of hydrazone groups is 1. The lowest BCUT2D eigenvalue weighted by molar-refractivity contribution is -0.0210. The zero-order valence-corrected chi connectivity index (χ0v) is 16.8. The van der Waals surface area contributed by atoms with Crippen molar-refractivity contribution < 1.29 is 19.3 Å². The molecule has 30 heavy (non-hydrogen) atoms. The minimum atomic E-state index is -0.447. The number of phenols is 1. The Bertz CT molecular complexity index is 1130. The minimum Gasteiger partial charge on any atom is -0.507 e. The van der Waals surface area contributed by atoms with Crippen LogP contribution in [0.5, 0.6) is 23.0 Å². The molecule has 0 amide bonds. The number of phenolic OH excluding ortho intramolecular Hbond substituents is 1. The van der Waals surface area contributed by atoms with Gasteiger partial charge in [0.05, 0.1) is 26.0 Å². The number of benzene rings is 3. The molecule has 6 heteroatoms. The quantitative estimate of drug-likeness (QED) is 0.688. The molecule has 0 aromatic heterocycles. The van der Waals surface area contributed by atoms with Crippen molar-refractivity contribution in [3.63, 3.8) is 0 Å². The fraction of sp³-hybridized carbons (Fsp3) is 0.208. The second-order valence-electron chi connectivity index (χ2n) is 7.29. The largest absolute Gasteiger partial charge is 0.507 e. The van der Waals surface area contributed by atoms with Gasteiger partial charge < -0.3 is 19.3 Å². The van der Waals surface area contributed by atoms with Crippen LogP contribution in [0.3, 0.4) is 0 Å². The highest BCUT2D eigenvalue weighted by atomic mass is 16.5. The van der Waals surface area contributed by atoms with Gasteiger partial charge in [-0.1, -0.05) is 36.4 Å². The molecule has 0 spiro atoms. The van der Waals surface area contributed by atoms with Gasteiger partial charge in [-0.2, -0.15) is 5.10 Å². The van der Waals surface area contributed by atoms with E-state index in [0.717, 1.165) is 33.9 Å². The molecule has 0 radical (unpaired) electrons. The first-order chi connectivity index (χ1) is 14.7. The Morgan fingerprint density at radius 2 is 1.83 bits per heavy atom. The zero-order valence-electron chi connectivity index (χ0n) is 16.8. The maximum atomic E-state index is 10.4. The van der Waals surface area contributed by atoms with E-state index in [1.165, 1.54) is 0 Å². The lowest BCUT2D eigenvalue weighted by Crippen LogP contribution is -2.33. The van der Waals surface area contributed by atoms with E-state index in [0.29, 0.717) is 12.2 Å². The van der Waals surface area contributed by atoms with E-state index < -0.39 is 6.23 Å². The summed E-state index contributed by atoms with van der Waals surface area (Å²) in [6.07, 6.45) is 0.207. The number of rotatable bonds is 4. The highest BCUT2D eigenvalue weighted by molar-refractivity contribution is 6.04. The van der Waals surface area contributed by atoms with Crippen molar-refractivity contribution in [1.82, 2.24) is 5.01 Å². The Hall–Kier alpha value is -3.67. The number of para-hydroxylation sites is 2. The van der Waals surface area contributed by atoms with Crippen LogP contribution in [0.4, 0.5) is 0 Å². The number of fused-ring (bicyclic) bond motifs is 3. The fourth-order valence-electron chi connectivity index (χ4n) is 4.14. The van der Waals surface area contributed by atoms with Crippen LogP contribution in [0.15, 0.2) is 71.8 Å². The molecule has 152 valence electrons. The van der Waals surface area contributed by atoms with Crippen molar-refractivity contribution >= 4 is 5.71 Å². The minimum absolute atomic E-state index is 0.0327. The van der Waals surface area contributed by atoms with Crippen LogP contribution < -0.4 is 14.2 Å². The van der Waals surface area contributed by atoms with E-state index in [-0.39, 0.29) is 11.8 Å². The van der Waals surface area contributed by atoms with Gasteiger partial charge in [-0.3, -0.25) is 0 Å². The number of methoxy groups -OCH3 is 2. The number of ether oxygens (including phenoxy) is 3. The molecule has 3 aromatic rings. The Labute approximate surface area is 174 Å². The van der Waals surface area contributed by atoms with Gasteiger partial charge in [0.1, 0.15) is 11.5 Å². The number of hydrogen-bond acceptors (Lipinski definition) is 6. The van der Waals surface area contributed by atoms with Gasteiger partial charge >= 0.3 is 0 Å². The zero-order chi connectivity index (χ0) is 20.7. The summed E-state index contributed by atoms with van der Waals surface area (Å²) in [5.41, 5.74) is 3.51. The van der Waals surface area contributed by atoms with E-state index in [1.807, 2.05) is 65.7 Å². The lowest BCUT2D eigenvalue weighted by Gasteiger charge is -2.38. The molecule has 2 aliphatic heterocycles. The standard InChI is InChI=1S/C24H22N2O4/c1-28-16-8-5-7-15(13-16)24-26-20(18-10-6-12-22(29-2)23(18)30-24)14-19(25-26)17-9-3-4-11-21(17)27/h3-13,20,24,27H,14H2,1-2H3/t20-,24-/m0/s1. The molecular weight excluding hydrogens is 380 g/mol. The molecule has 0 unspecified atom stereocenters. The van der Waals surface area contributed by atoms with Gasteiger partial charge in [0.25, 0.3) is 0 Å². The van der Waals surface area contributed by atoms with Crippen molar-refractivity contribution in [2.45, 2.75) is 18.7 Å². The summed E-state index contributed by atoms with van der Waals surface area (Å²) in [5.74, 6) is 2.39. The molecule has 0 aliphatic carbocycles. The lowest BCUT2D eigenvalue weighted by atomic mass is 9.95. The monoisotopic (exact) mass is 402 g/mol. The van der Waals surface area contributed by atoms with Crippen molar-refractivity contribution in [2.24, 2.45) is 5.10 Å². The van der Waals surface area contributed by atoms with Crippen LogP contribution in [0.2, 0.25) is 0 Å². The van der Waals surface area contributed by atoms with Crippen LogP contribution >= 0.6 is 0 Å². The summed E-state index contributed by atoms with van der Waals surface area (Å²) in [4.78, 5) is 0. The highest BCUT2D eigenvalue weighted by Crippen LogP contribution is 2.51. The molecule has 0 saturated heterocycles. The van der Waals surface area contributed by atoms with Gasteiger partial charge in [-0.15, -0.1) is 0 Å². The normalized spacial score (nSPS) is 19.4. The highest BCUT2D eigenvalue weighted by Gasteiger charge is 2.42. The average Bonchev–Trinajstić information content (AvgIpc) is 3.24. The van der Waals surface area contributed by atoms with E-state index >= 15 is 0 Å². The molecule has 3 aromatic carbocycles. The van der Waals surface area contributed by atoms with Crippen LogP contribution in [0.25, 0.3) is 0 Å². The summed E-state index contributed by atoms with van der Waals surface area (Å²) in [6.45, 7) is 0. The number of aromatic hydroxyl groups is 1. The Morgan fingerprint density at radius 3 is 2.63 bits per heavy atom. The number of hydrogen-bond donors (Lipinski definition) is 1. The van der Waals surface area contributed by atoms with Crippen LogP contribution in [0.1, 0.15) is 35.4 Å². The third-order valence-corrected chi connectivity index (χ3v) is 5.59. The van der Waals surface area contributed by atoms with Crippen LogP contribution in [0, 0.1) is 0 Å². The van der Waals surface area contributed by atoms with Gasteiger partial charge in [-0.25, -0.2) is 5.01 Å². The van der Waals surface area contributed by atoms with E-state index in [4.69, 9.17) is 19.3 Å². The van der Waals surface area contributed by atoms with E-state index in [9.17, 15) is 5.11 Å². The third kappa shape index (κ3) is 2.92. The molecule has 5 rings (SSSR count). The second-order valence-corrected chi connectivity index (χ2v) is 7.29. The van der Waals surface area contributed by atoms with E-state index in [2.05, 4.69) is 0 Å². The predicted molar refractivity (Wildman–Crippen MR) is 113 cm³/mol. The molecular formula is C24H22N2O4. The van der Waals surface area contributed by atoms with Crippen molar-refractivity contribution in [3.05, 3.63) is 83.4 Å². The molecule has 0 fully saturated rings. The molecule has 2 heterocycles. The summed E-state index contributed by atoms with van der Waals surface area (Å²) in [6, 6.07) is 20.9. The van der Waals surface area contributed by atoms with Crippen LogP contribution in [-0.2, 0) is 0 Å². The molecule has 1 N–H and O–H groups in total. The topological polar surface area (TPSA) is 63.5 Å². The van der Waals surface area contributed by atoms with Gasteiger partial charge in [0.2, 0.25) is 6.23 Å². The first kappa shape index (κ1) is 18.4. The summed E-state index contributed by atoms with van der Waals surface area (Å²) < 4.78 is 17.4. The smallest absolute Gasteiger partial charge is 0.214 e. The summed E-state index contributed by atoms with van der Waals surface area (Å²) in [5, 5.41) is 17.2. The molecule has 0 saturated carbocycles. The molecule has 2 aliphatic rings. The molecule has 0 bridgehead atoms. The third-order valence-electron chi connectivity index (χ3n) is 5.59. The predicted octanol–water partition coefficient (Wildman–Crippen LogP) is 4.65. The first-order valence-electron chi connectivity index (χ1n) is 9.81. The average molecular weight is 402 g/mol. The Balaban J connectivity index is 1.64. The molecule has 2 atom stereocenters. The summed E-state index contributed by atoms with van der Waals surface area (Å²) in [7, 11) is 3.29. The van der Waals surface area contributed by atoms with Crippen molar-refractivity contribution in [3.8, 4) is 23.0 Å². The fourth-order valence-corrected chi connectivity index (χ4v) is 4.14. The second kappa shape index (κ2) is 7.30. The van der Waals surface area contributed by atoms with Gasteiger partial charge in [0.15, 0.2) is 11.5 Å². The molecule has 6 nitrogen and oxygen atoms in total. The maximum absolute atomic E-state index is 10.4. The van der Waals surface area contributed by atoms with Gasteiger partial charge in [-0.05, 0) is 30.3 Å². The van der Waals surface area contributed by atoms with Crippen molar-refractivity contribution in [1.29, 1.82) is 0 Å². The first-order valence-corrected chi connectivity index (χ1v) is 9.81. The number of nitrogens with zero attached hydrogens (tertiary/aromatic N) is 2. The van der Waals surface area contributed by atoms with Crippen molar-refractivity contribution in [2.75, 3.05) is 14.2 Å². The van der Waals surface area contributed by atoms with Crippen LogP contribution in [-0.4, -0.2) is 30.0 Å². The van der Waals surface area contributed by atoms with Gasteiger partial charge in [0, 0.05) is 23.1 Å². The van der Waals surface area contributed by atoms with E-state index in [1.54, 1.807) is 20.3 Å². The summed E-state index contributed by atoms with van der Waals surface area (Å²) >= 11 is 0. The maximum Gasteiger partial charge on any atom is 0.214 e.